The largest absolute Gasteiger partial charge is 0.377 e. The molecule has 0 saturated carbocycles. The van der Waals surface area contributed by atoms with Crippen LogP contribution in [0.1, 0.15) is 25.7 Å². The minimum atomic E-state index is -1.62. The molecule has 0 aliphatic carbocycles. The van der Waals surface area contributed by atoms with Crippen molar-refractivity contribution in [2.24, 2.45) is 0 Å². The van der Waals surface area contributed by atoms with Gasteiger partial charge in [0.25, 0.3) is 11.9 Å². The standard InChI is InChI=1S/C13H15F4N3/c14-9-11(10(15)13(17)19-12(9)16)18-7-3-5-20-4-1-2-8(20)6-7/h7-8H,1-6H2,(H,18,19). The van der Waals surface area contributed by atoms with E-state index in [1.54, 1.807) is 0 Å². The van der Waals surface area contributed by atoms with Crippen LogP contribution >= 0.6 is 0 Å². The highest BCUT2D eigenvalue weighted by Gasteiger charge is 2.33. The van der Waals surface area contributed by atoms with Gasteiger partial charge in [-0.15, -0.1) is 0 Å². The SMILES string of the molecule is Fc1nc(F)c(F)c(NC2CCN3CCCC3C2)c1F. The predicted octanol–water partition coefficient (Wildman–Crippen LogP) is 2.68. The Hall–Kier alpha value is -1.37. The lowest BCUT2D eigenvalue weighted by molar-refractivity contribution is 0.187. The van der Waals surface area contributed by atoms with Gasteiger partial charge in [-0.25, -0.2) is 0 Å². The molecule has 7 heteroatoms. The van der Waals surface area contributed by atoms with Crippen molar-refractivity contribution in [1.29, 1.82) is 0 Å². The van der Waals surface area contributed by atoms with Crippen molar-refractivity contribution < 1.29 is 17.6 Å². The molecule has 0 bridgehead atoms. The fourth-order valence-corrected chi connectivity index (χ4v) is 3.17. The maximum absolute atomic E-state index is 13.5. The number of nitrogens with zero attached hydrogens (tertiary/aromatic N) is 2. The van der Waals surface area contributed by atoms with Crippen molar-refractivity contribution in [3.8, 4) is 0 Å². The molecule has 0 spiro atoms. The lowest BCUT2D eigenvalue weighted by atomic mass is 9.97. The van der Waals surface area contributed by atoms with E-state index in [0.29, 0.717) is 12.5 Å². The van der Waals surface area contributed by atoms with Gasteiger partial charge in [0.05, 0.1) is 0 Å². The van der Waals surface area contributed by atoms with Crippen LogP contribution in [0, 0.1) is 23.5 Å². The fraction of sp³-hybridized carbons (Fsp3) is 0.615. The molecule has 3 nitrogen and oxygen atoms in total. The summed E-state index contributed by atoms with van der Waals surface area (Å²) >= 11 is 0. The van der Waals surface area contributed by atoms with E-state index in [0.717, 1.165) is 32.4 Å². The summed E-state index contributed by atoms with van der Waals surface area (Å²) in [6.07, 6.45) is 3.60. The summed E-state index contributed by atoms with van der Waals surface area (Å²) in [6.45, 7) is 1.89. The zero-order valence-electron chi connectivity index (χ0n) is 10.8. The van der Waals surface area contributed by atoms with Crippen LogP contribution in [0.5, 0.6) is 0 Å². The van der Waals surface area contributed by atoms with E-state index in [-0.39, 0.29) is 6.04 Å². The van der Waals surface area contributed by atoms with Crippen LogP contribution in [0.3, 0.4) is 0 Å². The number of aromatic nitrogens is 1. The minimum Gasteiger partial charge on any atom is -0.377 e. The van der Waals surface area contributed by atoms with Crippen molar-refractivity contribution in [2.75, 3.05) is 18.4 Å². The normalized spacial score (nSPS) is 26.6. The van der Waals surface area contributed by atoms with E-state index < -0.39 is 29.2 Å². The van der Waals surface area contributed by atoms with Crippen molar-refractivity contribution in [3.63, 3.8) is 0 Å². The number of rotatable bonds is 2. The number of hydrogen-bond donors (Lipinski definition) is 1. The molecule has 1 aromatic rings. The molecule has 0 amide bonds. The second-order valence-corrected chi connectivity index (χ2v) is 5.39. The van der Waals surface area contributed by atoms with Gasteiger partial charge in [-0.2, -0.15) is 22.5 Å². The van der Waals surface area contributed by atoms with Gasteiger partial charge in [-0.3, -0.25) is 0 Å². The number of pyridine rings is 1. The first-order valence-corrected chi connectivity index (χ1v) is 6.77. The maximum Gasteiger partial charge on any atom is 0.253 e. The monoisotopic (exact) mass is 289 g/mol. The first-order chi connectivity index (χ1) is 9.56. The van der Waals surface area contributed by atoms with Gasteiger partial charge in [0.1, 0.15) is 5.69 Å². The third kappa shape index (κ3) is 2.34. The molecule has 2 saturated heterocycles. The topological polar surface area (TPSA) is 28.2 Å². The molecule has 1 N–H and O–H groups in total. The van der Waals surface area contributed by atoms with Gasteiger partial charge in [-0.05, 0) is 32.2 Å². The smallest absolute Gasteiger partial charge is 0.253 e. The first-order valence-electron chi connectivity index (χ1n) is 6.77. The number of anilines is 1. The van der Waals surface area contributed by atoms with Gasteiger partial charge in [-0.1, -0.05) is 0 Å². The van der Waals surface area contributed by atoms with E-state index in [2.05, 4.69) is 15.2 Å². The summed E-state index contributed by atoms with van der Waals surface area (Å²) in [7, 11) is 0. The first kappa shape index (κ1) is 13.6. The van der Waals surface area contributed by atoms with E-state index in [9.17, 15) is 17.6 Å². The second kappa shape index (κ2) is 5.20. The zero-order valence-corrected chi connectivity index (χ0v) is 10.8. The molecule has 2 unspecified atom stereocenters. The molecule has 0 aromatic carbocycles. The molecule has 2 atom stereocenters. The molecule has 2 aliphatic heterocycles. The van der Waals surface area contributed by atoms with Gasteiger partial charge in [0.2, 0.25) is 11.6 Å². The molecule has 2 fully saturated rings. The molecule has 2 aliphatic rings. The van der Waals surface area contributed by atoms with Crippen molar-refractivity contribution in [1.82, 2.24) is 9.88 Å². The van der Waals surface area contributed by atoms with Crippen LogP contribution in [0.25, 0.3) is 0 Å². The van der Waals surface area contributed by atoms with Crippen LogP contribution in [-0.4, -0.2) is 35.1 Å². The van der Waals surface area contributed by atoms with Crippen LogP contribution in [0.2, 0.25) is 0 Å². The summed E-state index contributed by atoms with van der Waals surface area (Å²) < 4.78 is 53.2. The molecular formula is C13H15F4N3. The van der Waals surface area contributed by atoms with E-state index >= 15 is 0 Å². The second-order valence-electron chi connectivity index (χ2n) is 5.39. The van der Waals surface area contributed by atoms with E-state index in [1.807, 2.05) is 0 Å². The average Bonchev–Trinajstić information content (AvgIpc) is 2.89. The molecule has 3 heterocycles. The fourth-order valence-electron chi connectivity index (χ4n) is 3.17. The van der Waals surface area contributed by atoms with Crippen LogP contribution < -0.4 is 5.32 Å². The predicted molar refractivity (Wildman–Crippen MR) is 65.3 cm³/mol. The number of halogens is 4. The summed E-state index contributed by atoms with van der Waals surface area (Å²) in [4.78, 5) is 4.89. The molecule has 0 radical (unpaired) electrons. The van der Waals surface area contributed by atoms with Crippen molar-refractivity contribution in [3.05, 3.63) is 23.5 Å². The number of hydrogen-bond acceptors (Lipinski definition) is 3. The Bertz CT molecular complexity index is 497. The summed E-state index contributed by atoms with van der Waals surface area (Å²) in [5, 5.41) is 2.62. The zero-order chi connectivity index (χ0) is 14.3. The Kier molecular flexibility index (Phi) is 3.54. The number of nitrogens with one attached hydrogen (secondary N) is 1. The van der Waals surface area contributed by atoms with E-state index in [1.165, 1.54) is 0 Å². The van der Waals surface area contributed by atoms with E-state index in [4.69, 9.17) is 0 Å². The van der Waals surface area contributed by atoms with Gasteiger partial charge < -0.3 is 10.2 Å². The molecular weight excluding hydrogens is 274 g/mol. The van der Waals surface area contributed by atoms with Crippen molar-refractivity contribution >= 4 is 5.69 Å². The number of piperidine rings is 1. The molecule has 3 rings (SSSR count). The molecule has 110 valence electrons. The Labute approximate surface area is 114 Å². The molecule has 20 heavy (non-hydrogen) atoms. The third-order valence-electron chi connectivity index (χ3n) is 4.17. The Morgan fingerprint density at radius 2 is 1.70 bits per heavy atom. The Morgan fingerprint density at radius 3 is 2.40 bits per heavy atom. The molecule has 1 aromatic heterocycles. The van der Waals surface area contributed by atoms with Crippen molar-refractivity contribution in [2.45, 2.75) is 37.8 Å². The summed E-state index contributed by atoms with van der Waals surface area (Å²) in [5.74, 6) is -6.16. The Morgan fingerprint density at radius 1 is 1.00 bits per heavy atom. The quantitative estimate of drug-likeness (QED) is 0.670. The average molecular weight is 289 g/mol. The highest BCUT2D eigenvalue weighted by Crippen LogP contribution is 2.30. The minimum absolute atomic E-state index is 0.181. The third-order valence-corrected chi connectivity index (χ3v) is 4.17. The Balaban J connectivity index is 1.78. The number of fused-ring (bicyclic) bond motifs is 1. The van der Waals surface area contributed by atoms with Crippen LogP contribution in [-0.2, 0) is 0 Å². The highest BCUT2D eigenvalue weighted by atomic mass is 19.2. The highest BCUT2D eigenvalue weighted by molar-refractivity contribution is 5.46. The van der Waals surface area contributed by atoms with Gasteiger partial charge in [0, 0.05) is 18.6 Å². The van der Waals surface area contributed by atoms with Gasteiger partial charge in [0.15, 0.2) is 0 Å². The van der Waals surface area contributed by atoms with Crippen LogP contribution in [0.15, 0.2) is 0 Å². The summed E-state index contributed by atoms with van der Waals surface area (Å²) in [5.41, 5.74) is -0.744. The van der Waals surface area contributed by atoms with Crippen LogP contribution in [0.4, 0.5) is 23.2 Å². The maximum atomic E-state index is 13.5. The summed E-state index contributed by atoms with van der Waals surface area (Å²) in [6, 6.07) is 0.212. The van der Waals surface area contributed by atoms with Gasteiger partial charge >= 0.3 is 0 Å². The lowest BCUT2D eigenvalue weighted by Crippen LogP contribution is -2.43. The lowest BCUT2D eigenvalue weighted by Gasteiger charge is -2.35.